The van der Waals surface area contributed by atoms with Crippen molar-refractivity contribution in [1.82, 2.24) is 9.78 Å². The zero-order valence-corrected chi connectivity index (χ0v) is 7.32. The molecule has 0 unspecified atom stereocenters. The number of aromatic nitrogens is 2. The van der Waals surface area contributed by atoms with Crippen molar-refractivity contribution in [2.75, 3.05) is 0 Å². The molecule has 1 aromatic rings. The quantitative estimate of drug-likeness (QED) is 0.503. The van der Waals surface area contributed by atoms with Crippen molar-refractivity contribution in [3.8, 4) is 0 Å². The van der Waals surface area contributed by atoms with E-state index in [9.17, 15) is 4.79 Å². The van der Waals surface area contributed by atoms with E-state index in [4.69, 9.17) is 0 Å². The van der Waals surface area contributed by atoms with Crippen LogP contribution in [-0.4, -0.2) is 15.6 Å². The maximum Gasteiger partial charge on any atom is 0.203 e. The molecule has 0 radical (unpaired) electrons. The minimum absolute atomic E-state index is 0.0110. The number of carbonyl (C=O) groups is 1. The number of aryl methyl sites for hydroxylation is 1. The molecular weight excluding hydrogens is 152 g/mol. The molecule has 1 rings (SSSR count). The maximum atomic E-state index is 11.3. The molecule has 0 saturated heterocycles. The van der Waals surface area contributed by atoms with Gasteiger partial charge in [-0.15, -0.1) is 0 Å². The molecule has 3 heteroatoms. The summed E-state index contributed by atoms with van der Waals surface area (Å²) in [5.41, 5.74) is 0.649. The van der Waals surface area contributed by atoms with Gasteiger partial charge in [0.2, 0.25) is 5.78 Å². The van der Waals surface area contributed by atoms with Gasteiger partial charge in [0.15, 0.2) is 0 Å². The van der Waals surface area contributed by atoms with Crippen molar-refractivity contribution in [1.29, 1.82) is 0 Å². The number of nitrogens with zero attached hydrogens (tertiary/aromatic N) is 2. The predicted molar refractivity (Wildman–Crippen MR) is 47.0 cm³/mol. The second-order valence-electron chi connectivity index (χ2n) is 2.40. The van der Waals surface area contributed by atoms with Crippen LogP contribution in [0.4, 0.5) is 0 Å². The van der Waals surface area contributed by atoms with Gasteiger partial charge in [-0.25, -0.2) is 0 Å². The minimum atomic E-state index is 0.0110. The van der Waals surface area contributed by atoms with Gasteiger partial charge in [-0.3, -0.25) is 9.48 Å². The third kappa shape index (κ3) is 1.61. The lowest BCUT2D eigenvalue weighted by molar-refractivity contribution is 0.103. The van der Waals surface area contributed by atoms with Gasteiger partial charge < -0.3 is 0 Å². The van der Waals surface area contributed by atoms with Crippen molar-refractivity contribution in [3.63, 3.8) is 0 Å². The first kappa shape index (κ1) is 8.71. The molecule has 0 N–H and O–H groups in total. The molecule has 1 heterocycles. The number of allylic oxidation sites excluding steroid dienone is 2. The van der Waals surface area contributed by atoms with Gasteiger partial charge in [0.1, 0.15) is 5.69 Å². The van der Waals surface area contributed by atoms with Crippen molar-refractivity contribution < 1.29 is 4.79 Å². The summed E-state index contributed by atoms with van der Waals surface area (Å²) < 4.78 is 1.68. The van der Waals surface area contributed by atoms with Crippen LogP contribution in [0.5, 0.6) is 0 Å². The van der Waals surface area contributed by atoms with Crippen LogP contribution in [-0.2, 0) is 6.54 Å². The number of hydrogen-bond donors (Lipinski definition) is 0. The molecule has 0 spiro atoms. The molecule has 0 saturated carbocycles. The van der Waals surface area contributed by atoms with Crippen LogP contribution in [0.3, 0.4) is 0 Å². The summed E-state index contributed by atoms with van der Waals surface area (Å²) in [7, 11) is 0. The first-order chi connectivity index (χ1) is 5.79. The summed E-state index contributed by atoms with van der Waals surface area (Å²) in [4.78, 5) is 11.3. The largest absolute Gasteiger partial charge is 0.288 e. The van der Waals surface area contributed by atoms with Crippen molar-refractivity contribution in [2.45, 2.75) is 20.4 Å². The van der Waals surface area contributed by atoms with E-state index in [-0.39, 0.29) is 5.78 Å². The van der Waals surface area contributed by atoms with Gasteiger partial charge in [0.25, 0.3) is 0 Å². The standard InChI is InChI=1S/C9H12N2O/c1-3-5-9(12)8-6-7-10-11(8)4-2/h3,5-7H,4H2,1-2H3/b5-3+. The van der Waals surface area contributed by atoms with E-state index in [1.807, 2.05) is 13.8 Å². The fourth-order valence-corrected chi connectivity index (χ4v) is 1.03. The van der Waals surface area contributed by atoms with Gasteiger partial charge in [-0.1, -0.05) is 6.08 Å². The Hall–Kier alpha value is -1.38. The highest BCUT2D eigenvalue weighted by Gasteiger charge is 2.06. The van der Waals surface area contributed by atoms with Crippen LogP contribution in [0.25, 0.3) is 0 Å². The van der Waals surface area contributed by atoms with E-state index in [0.717, 1.165) is 6.54 Å². The molecule has 0 aliphatic heterocycles. The summed E-state index contributed by atoms with van der Waals surface area (Å²) in [5, 5.41) is 4.00. The van der Waals surface area contributed by atoms with E-state index in [2.05, 4.69) is 5.10 Å². The molecule has 0 aliphatic carbocycles. The van der Waals surface area contributed by atoms with E-state index in [1.165, 1.54) is 0 Å². The Morgan fingerprint density at radius 2 is 2.50 bits per heavy atom. The van der Waals surface area contributed by atoms with E-state index in [1.54, 1.807) is 29.1 Å². The molecule has 3 nitrogen and oxygen atoms in total. The molecule has 0 aromatic carbocycles. The molecule has 64 valence electrons. The molecule has 12 heavy (non-hydrogen) atoms. The Balaban J connectivity index is 2.93. The van der Waals surface area contributed by atoms with Crippen LogP contribution >= 0.6 is 0 Å². The lowest BCUT2D eigenvalue weighted by Crippen LogP contribution is -2.06. The molecule has 0 fully saturated rings. The number of hydrogen-bond acceptors (Lipinski definition) is 2. The van der Waals surface area contributed by atoms with Gasteiger partial charge in [-0.2, -0.15) is 5.10 Å². The van der Waals surface area contributed by atoms with Gasteiger partial charge in [0, 0.05) is 12.7 Å². The van der Waals surface area contributed by atoms with Gasteiger partial charge in [0.05, 0.1) is 0 Å². The summed E-state index contributed by atoms with van der Waals surface area (Å²) >= 11 is 0. The van der Waals surface area contributed by atoms with Crippen LogP contribution in [0.15, 0.2) is 24.4 Å². The van der Waals surface area contributed by atoms with Gasteiger partial charge >= 0.3 is 0 Å². The summed E-state index contributed by atoms with van der Waals surface area (Å²) in [6.45, 7) is 4.51. The maximum absolute atomic E-state index is 11.3. The highest BCUT2D eigenvalue weighted by molar-refractivity contribution is 6.03. The minimum Gasteiger partial charge on any atom is -0.288 e. The average Bonchev–Trinajstić information content (AvgIpc) is 2.51. The van der Waals surface area contributed by atoms with Gasteiger partial charge in [-0.05, 0) is 26.0 Å². The van der Waals surface area contributed by atoms with E-state index in [0.29, 0.717) is 5.69 Å². The summed E-state index contributed by atoms with van der Waals surface area (Å²) in [6.07, 6.45) is 4.92. The lowest BCUT2D eigenvalue weighted by atomic mass is 10.2. The fraction of sp³-hybridized carbons (Fsp3) is 0.333. The summed E-state index contributed by atoms with van der Waals surface area (Å²) in [5.74, 6) is 0.0110. The number of rotatable bonds is 3. The topological polar surface area (TPSA) is 34.9 Å². The van der Waals surface area contributed by atoms with Crippen LogP contribution < -0.4 is 0 Å². The van der Waals surface area contributed by atoms with E-state index < -0.39 is 0 Å². The molecule has 0 bridgehead atoms. The fourth-order valence-electron chi connectivity index (χ4n) is 1.03. The lowest BCUT2D eigenvalue weighted by Gasteiger charge is -1.98. The Morgan fingerprint density at radius 3 is 3.08 bits per heavy atom. The molecule has 0 atom stereocenters. The first-order valence-electron chi connectivity index (χ1n) is 3.98. The Bertz CT molecular complexity index is 299. The molecular formula is C9H12N2O. The number of ketones is 1. The SMILES string of the molecule is C/C=C/C(=O)c1ccnn1CC. The Morgan fingerprint density at radius 1 is 1.75 bits per heavy atom. The molecule has 0 aliphatic rings. The number of carbonyl (C=O) groups excluding carboxylic acids is 1. The zero-order valence-electron chi connectivity index (χ0n) is 7.32. The van der Waals surface area contributed by atoms with Crippen molar-refractivity contribution in [3.05, 3.63) is 30.1 Å². The zero-order chi connectivity index (χ0) is 8.97. The molecule has 1 aromatic heterocycles. The Labute approximate surface area is 71.7 Å². The van der Waals surface area contributed by atoms with Crippen LogP contribution in [0.1, 0.15) is 24.3 Å². The second kappa shape index (κ2) is 3.85. The normalized spacial score (nSPS) is 10.8. The summed E-state index contributed by atoms with van der Waals surface area (Å²) in [6, 6.07) is 1.73. The predicted octanol–water partition coefficient (Wildman–Crippen LogP) is 1.66. The van der Waals surface area contributed by atoms with Crippen LogP contribution in [0, 0.1) is 0 Å². The third-order valence-corrected chi connectivity index (χ3v) is 1.59. The first-order valence-corrected chi connectivity index (χ1v) is 3.98. The van der Waals surface area contributed by atoms with Crippen molar-refractivity contribution in [2.24, 2.45) is 0 Å². The van der Waals surface area contributed by atoms with Crippen molar-refractivity contribution >= 4 is 5.78 Å². The van der Waals surface area contributed by atoms with Crippen LogP contribution in [0.2, 0.25) is 0 Å². The second-order valence-corrected chi connectivity index (χ2v) is 2.40. The smallest absolute Gasteiger partial charge is 0.203 e. The Kier molecular flexibility index (Phi) is 2.80. The average molecular weight is 164 g/mol. The highest BCUT2D eigenvalue weighted by Crippen LogP contribution is 2.00. The third-order valence-electron chi connectivity index (χ3n) is 1.59. The monoisotopic (exact) mass is 164 g/mol. The van der Waals surface area contributed by atoms with E-state index >= 15 is 0 Å². The highest BCUT2D eigenvalue weighted by atomic mass is 16.1. The molecule has 0 amide bonds.